The maximum absolute atomic E-state index is 11.7. The van der Waals surface area contributed by atoms with Crippen LogP contribution in [0.5, 0.6) is 0 Å². The predicted molar refractivity (Wildman–Crippen MR) is 68.9 cm³/mol. The highest BCUT2D eigenvalue weighted by Crippen LogP contribution is 2.09. The molecule has 1 aromatic rings. The zero-order valence-corrected chi connectivity index (χ0v) is 10.6. The summed E-state index contributed by atoms with van der Waals surface area (Å²) in [6.07, 6.45) is 1.81. The van der Waals surface area contributed by atoms with E-state index in [1.165, 1.54) is 5.56 Å². The van der Waals surface area contributed by atoms with E-state index < -0.39 is 0 Å². The first-order chi connectivity index (χ1) is 8.68. The summed E-state index contributed by atoms with van der Waals surface area (Å²) in [5.74, 6) is -0.0514. The Balaban J connectivity index is 1.85. The number of rotatable bonds is 4. The minimum Gasteiger partial charge on any atom is -0.345 e. The highest BCUT2D eigenvalue weighted by molar-refractivity contribution is 5.94. The normalized spacial score (nSPS) is 19.8. The lowest BCUT2D eigenvalue weighted by Crippen LogP contribution is -2.57. The highest BCUT2D eigenvalue weighted by atomic mass is 16.2. The van der Waals surface area contributed by atoms with Gasteiger partial charge in [0.05, 0.1) is 6.54 Å². The molecule has 1 unspecified atom stereocenters. The number of nitrogens with zero attached hydrogens (tertiary/aromatic N) is 1. The lowest BCUT2D eigenvalue weighted by Gasteiger charge is -2.32. The molecule has 1 aliphatic rings. The van der Waals surface area contributed by atoms with E-state index in [0.29, 0.717) is 6.54 Å². The van der Waals surface area contributed by atoms with Gasteiger partial charge in [-0.1, -0.05) is 30.3 Å². The molecule has 18 heavy (non-hydrogen) atoms. The fraction of sp³-hybridized carbons (Fsp3) is 0.429. The van der Waals surface area contributed by atoms with E-state index in [1.807, 2.05) is 18.2 Å². The molecule has 1 saturated heterocycles. The fourth-order valence-electron chi connectivity index (χ4n) is 2.19. The lowest BCUT2D eigenvalue weighted by molar-refractivity contribution is -0.144. The number of benzene rings is 1. The Morgan fingerprint density at radius 1 is 1.28 bits per heavy atom. The second kappa shape index (κ2) is 5.67. The largest absolute Gasteiger partial charge is 0.345 e. The molecule has 0 spiro atoms. The van der Waals surface area contributed by atoms with Gasteiger partial charge in [-0.3, -0.25) is 9.59 Å². The van der Waals surface area contributed by atoms with Crippen molar-refractivity contribution in [3.63, 3.8) is 0 Å². The third-order valence-corrected chi connectivity index (χ3v) is 3.29. The van der Waals surface area contributed by atoms with Gasteiger partial charge in [-0.05, 0) is 25.3 Å². The van der Waals surface area contributed by atoms with Crippen molar-refractivity contribution in [3.8, 4) is 0 Å². The van der Waals surface area contributed by atoms with Crippen molar-refractivity contribution >= 4 is 11.8 Å². The first-order valence-electron chi connectivity index (χ1n) is 6.29. The zero-order chi connectivity index (χ0) is 13.0. The van der Waals surface area contributed by atoms with Crippen molar-refractivity contribution in [2.45, 2.75) is 25.8 Å². The van der Waals surface area contributed by atoms with E-state index in [2.05, 4.69) is 17.4 Å². The van der Waals surface area contributed by atoms with E-state index >= 15 is 0 Å². The van der Waals surface area contributed by atoms with Crippen molar-refractivity contribution < 1.29 is 9.59 Å². The molecule has 0 aromatic heterocycles. The van der Waals surface area contributed by atoms with Gasteiger partial charge in [0.2, 0.25) is 11.8 Å². The molecule has 4 heteroatoms. The van der Waals surface area contributed by atoms with Crippen molar-refractivity contribution in [1.82, 2.24) is 10.2 Å². The summed E-state index contributed by atoms with van der Waals surface area (Å²) in [6.45, 7) is 2.55. The third-order valence-electron chi connectivity index (χ3n) is 3.29. The number of carbonyl (C=O) groups excluding carboxylic acids is 2. The Morgan fingerprint density at radius 3 is 2.72 bits per heavy atom. The Hall–Kier alpha value is -1.84. The molecule has 1 N–H and O–H groups in total. The number of amides is 2. The lowest BCUT2D eigenvalue weighted by atomic mass is 10.1. The molecule has 1 fully saturated rings. The van der Waals surface area contributed by atoms with Gasteiger partial charge in [0.15, 0.2) is 0 Å². The minimum atomic E-state index is -0.345. The predicted octanol–water partition coefficient (Wildman–Crippen LogP) is 0.966. The second-order valence-corrected chi connectivity index (χ2v) is 4.57. The molecular weight excluding hydrogens is 228 g/mol. The van der Waals surface area contributed by atoms with Crippen LogP contribution in [0.2, 0.25) is 0 Å². The molecule has 1 heterocycles. The summed E-state index contributed by atoms with van der Waals surface area (Å²) < 4.78 is 0. The topological polar surface area (TPSA) is 49.4 Å². The van der Waals surface area contributed by atoms with Crippen LogP contribution in [0.15, 0.2) is 30.3 Å². The van der Waals surface area contributed by atoms with Crippen LogP contribution in [-0.4, -0.2) is 35.8 Å². The van der Waals surface area contributed by atoms with E-state index in [4.69, 9.17) is 0 Å². The summed E-state index contributed by atoms with van der Waals surface area (Å²) in [6, 6.07) is 9.82. The molecule has 2 amide bonds. The average Bonchev–Trinajstić information content (AvgIpc) is 2.39. The summed E-state index contributed by atoms with van der Waals surface area (Å²) in [4.78, 5) is 24.9. The van der Waals surface area contributed by atoms with E-state index in [9.17, 15) is 9.59 Å². The Morgan fingerprint density at radius 2 is 2.00 bits per heavy atom. The molecule has 96 valence electrons. The molecule has 1 aliphatic heterocycles. The van der Waals surface area contributed by atoms with Crippen LogP contribution in [0.1, 0.15) is 18.9 Å². The van der Waals surface area contributed by atoms with Gasteiger partial charge in [0.25, 0.3) is 0 Å². The van der Waals surface area contributed by atoms with E-state index in [1.54, 1.807) is 11.8 Å². The van der Waals surface area contributed by atoms with E-state index in [-0.39, 0.29) is 24.4 Å². The van der Waals surface area contributed by atoms with Crippen molar-refractivity contribution in [1.29, 1.82) is 0 Å². The summed E-state index contributed by atoms with van der Waals surface area (Å²) in [5, 5.41) is 2.59. The maximum Gasteiger partial charge on any atom is 0.242 e. The van der Waals surface area contributed by atoms with Crippen LogP contribution in [0, 0.1) is 0 Å². The van der Waals surface area contributed by atoms with Gasteiger partial charge >= 0.3 is 0 Å². The molecule has 1 aromatic carbocycles. The first-order valence-corrected chi connectivity index (χ1v) is 6.29. The Kier molecular flexibility index (Phi) is 3.97. The van der Waals surface area contributed by atoms with Gasteiger partial charge in [0, 0.05) is 6.54 Å². The standard InChI is InChI=1S/C14H18N2O2/c1-11-14(18)15-10-13(17)16(11)9-5-8-12-6-3-2-4-7-12/h2-4,6-7,11H,5,8-10H2,1H3,(H,15,18). The molecule has 0 aliphatic carbocycles. The summed E-state index contributed by atoms with van der Waals surface area (Å²) in [5.41, 5.74) is 1.26. The monoisotopic (exact) mass is 246 g/mol. The van der Waals surface area contributed by atoms with Gasteiger partial charge in [-0.25, -0.2) is 0 Å². The average molecular weight is 246 g/mol. The van der Waals surface area contributed by atoms with Crippen LogP contribution in [0.4, 0.5) is 0 Å². The van der Waals surface area contributed by atoms with Crippen LogP contribution >= 0.6 is 0 Å². The maximum atomic E-state index is 11.7. The third kappa shape index (κ3) is 2.88. The second-order valence-electron chi connectivity index (χ2n) is 4.57. The smallest absolute Gasteiger partial charge is 0.242 e. The van der Waals surface area contributed by atoms with Gasteiger partial charge in [0.1, 0.15) is 6.04 Å². The summed E-state index contributed by atoms with van der Waals surface area (Å²) in [7, 11) is 0. The van der Waals surface area contributed by atoms with Crippen molar-refractivity contribution in [3.05, 3.63) is 35.9 Å². The quantitative estimate of drug-likeness (QED) is 0.860. The molecule has 0 saturated carbocycles. The number of carbonyl (C=O) groups is 2. The van der Waals surface area contributed by atoms with Gasteiger partial charge < -0.3 is 10.2 Å². The highest BCUT2D eigenvalue weighted by Gasteiger charge is 2.30. The Bertz CT molecular complexity index is 431. The number of aryl methyl sites for hydroxylation is 1. The minimum absolute atomic E-state index is 0.00941. The van der Waals surface area contributed by atoms with E-state index in [0.717, 1.165) is 12.8 Å². The molecule has 0 radical (unpaired) electrons. The molecule has 2 rings (SSSR count). The number of hydrogen-bond acceptors (Lipinski definition) is 2. The van der Waals surface area contributed by atoms with Gasteiger partial charge in [-0.15, -0.1) is 0 Å². The molecule has 1 atom stereocenters. The Labute approximate surface area is 107 Å². The number of hydrogen-bond donors (Lipinski definition) is 1. The SMILES string of the molecule is CC1C(=O)NCC(=O)N1CCCc1ccccc1. The molecule has 0 bridgehead atoms. The first kappa shape index (κ1) is 12.6. The molecule has 4 nitrogen and oxygen atoms in total. The zero-order valence-electron chi connectivity index (χ0n) is 10.6. The van der Waals surface area contributed by atoms with Crippen molar-refractivity contribution in [2.75, 3.05) is 13.1 Å². The van der Waals surface area contributed by atoms with Gasteiger partial charge in [-0.2, -0.15) is 0 Å². The van der Waals surface area contributed by atoms with Crippen LogP contribution < -0.4 is 5.32 Å². The van der Waals surface area contributed by atoms with Crippen LogP contribution in [0.3, 0.4) is 0 Å². The number of piperazine rings is 1. The van der Waals surface area contributed by atoms with Crippen LogP contribution in [0.25, 0.3) is 0 Å². The molecular formula is C14H18N2O2. The van der Waals surface area contributed by atoms with Crippen LogP contribution in [-0.2, 0) is 16.0 Å². The fourth-order valence-corrected chi connectivity index (χ4v) is 2.19. The summed E-state index contributed by atoms with van der Waals surface area (Å²) >= 11 is 0. The number of nitrogens with one attached hydrogen (secondary N) is 1. The van der Waals surface area contributed by atoms with Crippen molar-refractivity contribution in [2.24, 2.45) is 0 Å².